The number of phenols is 3. The van der Waals surface area contributed by atoms with Crippen LogP contribution in [0.1, 0.15) is 117 Å². The first-order valence-corrected chi connectivity index (χ1v) is 40.8. The van der Waals surface area contributed by atoms with E-state index in [4.69, 9.17) is 52.6 Å². The molecule has 1 saturated heterocycles. The number of urea groups is 1. The highest BCUT2D eigenvalue weighted by Crippen LogP contribution is 2.55. The first kappa shape index (κ1) is 85.2. The molecule has 0 aromatic heterocycles. The van der Waals surface area contributed by atoms with Crippen molar-refractivity contribution in [1.29, 1.82) is 0 Å². The first-order chi connectivity index (χ1) is 56.1. The molecule has 630 valence electrons. The number of ether oxygens (including phenoxy) is 5. The third-order valence-electron chi connectivity index (χ3n) is 22.1. The van der Waals surface area contributed by atoms with Crippen LogP contribution in [0.2, 0.25) is 10.0 Å². The zero-order chi connectivity index (χ0) is 84.6. The van der Waals surface area contributed by atoms with Gasteiger partial charge in [-0.15, -0.1) is 0 Å². The lowest BCUT2D eigenvalue weighted by Gasteiger charge is -2.54. The molecule has 4 saturated carbocycles. The van der Waals surface area contributed by atoms with Gasteiger partial charge >= 0.3 is 6.03 Å². The van der Waals surface area contributed by atoms with E-state index < -0.39 is 207 Å². The first-order valence-electron chi connectivity index (χ1n) is 38.1. The average Bonchev–Trinajstić information content (AvgIpc) is 0.747. The zero-order valence-corrected chi connectivity index (χ0v) is 66.1. The van der Waals surface area contributed by atoms with Gasteiger partial charge in [0.1, 0.15) is 114 Å². The molecule has 5 fully saturated rings. The molecule has 15 bridgehead atoms. The van der Waals surface area contributed by atoms with Gasteiger partial charge in [0.25, 0.3) is 0 Å². The third kappa shape index (κ3) is 18.9. The van der Waals surface area contributed by atoms with E-state index in [0.717, 1.165) is 93.0 Å². The molecule has 6 aromatic carbocycles. The smallest absolute Gasteiger partial charge is 0.325 e. The van der Waals surface area contributed by atoms with Gasteiger partial charge in [0.05, 0.1) is 28.8 Å². The van der Waals surface area contributed by atoms with Crippen molar-refractivity contribution in [2.75, 3.05) is 38.3 Å². The van der Waals surface area contributed by atoms with Gasteiger partial charge in [-0.3, -0.25) is 43.7 Å². The minimum atomic E-state index is -3.53. The number of benzene rings is 6. The van der Waals surface area contributed by atoms with Crippen molar-refractivity contribution < 1.29 is 116 Å². The molecule has 0 spiro atoms. The van der Waals surface area contributed by atoms with Crippen LogP contribution in [0.25, 0.3) is 11.1 Å². The number of halogens is 2. The van der Waals surface area contributed by atoms with Crippen LogP contribution in [0.15, 0.2) is 103 Å². The number of hydrogen-bond donors (Lipinski definition) is 20. The summed E-state index contributed by atoms with van der Waals surface area (Å²) in [6, 6.07) is 3.97. The highest BCUT2D eigenvalue weighted by Gasteiger charge is 2.51. The van der Waals surface area contributed by atoms with Crippen LogP contribution in [-0.4, -0.2) is 196 Å². The standard InChI is InChI=1S/C79H90Cl2N12O24S/c1-32(2)17-48(83-3)71(103)92-63-65(98)36-6-13-52(46(80)24-36)114-54-26-40-27-55(70(54)117-78-69(102)68(101)67(100)56(31-82)116-78)115-53-14-7-37(25-47(53)81)66(99)64-77(109)91-62(75(107)88-59-38-19-33-18-34(21-38)22-39(59)20-33)45-28-42(94)29-51(96)58(45)44-23-35(5-12-50(44)95)60(73(105)93-64)90-74(106)61(40)89-72(104)49(86-76(63)108)30-57(97)87-79(110)85-41-8-10-43(11-9-41)113-16-15-84-118(4,111)112/h5-14,23-29,32-34,38-39,48-49,56,59-69,78,83-84,94-96,98-102H,15-22,30-31,82H2,1-4H3,(H,86,108)(H,88,107)(H,89,104)(H,90,106)(H,91,109)(H,92,103)(H,93,105)(H2,85,87,97,110)/t33?,34?,38?,39?,48-,49+,56-,59?,60-,61-,62+,63-,64+,65-,66-,67-,68+,69-,78+/m1/s1. The molecular formula is C79H90Cl2N12O24S. The van der Waals surface area contributed by atoms with E-state index in [9.17, 15) is 63.7 Å². The number of amides is 10. The Morgan fingerprint density at radius 1 is 0.644 bits per heavy atom. The second kappa shape index (κ2) is 35.5. The number of hydrogen-bond acceptors (Lipinski definition) is 26. The monoisotopic (exact) mass is 1690 g/mol. The van der Waals surface area contributed by atoms with Gasteiger partial charge in [0, 0.05) is 42.0 Å². The predicted octanol–water partition coefficient (Wildman–Crippen LogP) is 2.48. The number of nitrogens with one attached hydrogen (secondary N) is 11. The molecule has 10 amide bonds. The number of carbonyl (C=O) groups excluding carboxylic acids is 9. The van der Waals surface area contributed by atoms with Crippen molar-refractivity contribution >= 4 is 92.2 Å². The molecule has 6 aromatic rings. The van der Waals surface area contributed by atoms with Gasteiger partial charge in [-0.1, -0.05) is 55.2 Å². The van der Waals surface area contributed by atoms with Gasteiger partial charge < -0.3 is 118 Å². The Kier molecular flexibility index (Phi) is 25.6. The normalized spacial score (nSPS) is 27.6. The van der Waals surface area contributed by atoms with Crippen LogP contribution < -0.4 is 82.6 Å². The summed E-state index contributed by atoms with van der Waals surface area (Å²) in [5.41, 5.74) is 3.77. The SMILES string of the molecule is CN[C@H](CC(C)C)C(=O)N[C@H]1C(=O)N[C@@H](CC(=O)NC(=O)Nc2ccc(OCCNS(C)(=O)=O)cc2)C(=O)N[C@H]2C(=O)N[C@H]3C(=O)N[C@H](C(=O)N[C@H](C(=O)NC4C5CC6CC(C5)CC4C6)c4cc(O)cc(O)c4-c4cc3ccc4O)[C@H](O)c3ccc(c(Cl)c3)Oc3cc2cc(c3O[C@@H]2O[C@H](CN)[C@@H](O)[C@H](O)[C@H]2O)Oc2ccc(cc2Cl)[C@H]1O. The number of likely N-dealkylation sites (N-methyl/N-ethyl adjacent to an activating group) is 1. The Morgan fingerprint density at radius 2 is 1.25 bits per heavy atom. The molecule has 16 rings (SSSR count). The molecule has 0 radical (unpaired) electrons. The minimum Gasteiger partial charge on any atom is -0.508 e. The number of nitrogens with two attached hydrogens (primary N) is 1. The van der Waals surface area contributed by atoms with Gasteiger partial charge in [-0.2, -0.15) is 0 Å². The quantitative estimate of drug-likeness (QED) is 0.0550. The number of anilines is 1. The summed E-state index contributed by atoms with van der Waals surface area (Å²) >= 11 is 14.3. The predicted molar refractivity (Wildman–Crippen MR) is 419 cm³/mol. The largest absolute Gasteiger partial charge is 0.508 e. The Hall–Kier alpha value is -10.7. The zero-order valence-electron chi connectivity index (χ0n) is 63.8. The number of rotatable bonds is 18. The fourth-order valence-electron chi connectivity index (χ4n) is 16.5. The minimum absolute atomic E-state index is 0.0588. The topological polar surface area (TPSA) is 554 Å². The van der Waals surface area contributed by atoms with Crippen molar-refractivity contribution in [3.63, 3.8) is 0 Å². The van der Waals surface area contributed by atoms with Crippen LogP contribution in [0.5, 0.6) is 51.7 Å². The summed E-state index contributed by atoms with van der Waals surface area (Å²) in [5, 5.41) is 120. The maximum atomic E-state index is 16.4. The molecule has 10 aliphatic rings. The Labute approximate surface area is 684 Å². The summed E-state index contributed by atoms with van der Waals surface area (Å²) in [4.78, 5) is 137. The van der Waals surface area contributed by atoms with Crippen molar-refractivity contribution in [2.24, 2.45) is 35.3 Å². The van der Waals surface area contributed by atoms with Gasteiger partial charge in [-0.05, 0) is 182 Å². The lowest BCUT2D eigenvalue weighted by atomic mass is 9.54. The number of aliphatic hydroxyl groups is 5. The summed E-state index contributed by atoms with van der Waals surface area (Å²) in [6.07, 6.45) is -9.49. The Balaban J connectivity index is 0.971. The lowest BCUT2D eigenvalue weighted by molar-refractivity contribution is -0.270. The summed E-state index contributed by atoms with van der Waals surface area (Å²) in [6.45, 7) is 2.97. The molecule has 6 aliphatic heterocycles. The van der Waals surface area contributed by atoms with E-state index in [1.54, 1.807) is 0 Å². The number of aliphatic hydroxyl groups excluding tert-OH is 5. The van der Waals surface area contributed by atoms with Crippen LogP contribution in [0.4, 0.5) is 10.5 Å². The van der Waals surface area contributed by atoms with Crippen LogP contribution >= 0.6 is 23.2 Å². The molecule has 21 N–H and O–H groups in total. The van der Waals surface area contributed by atoms with Gasteiger partial charge in [0.15, 0.2) is 11.5 Å². The summed E-state index contributed by atoms with van der Waals surface area (Å²) < 4.78 is 56.6. The molecule has 39 heteroatoms. The maximum Gasteiger partial charge on any atom is 0.325 e. The number of phenolic OH excluding ortho intramolecular Hbond substituents is 3. The second-order valence-electron chi connectivity index (χ2n) is 30.9. The molecule has 4 aliphatic carbocycles. The van der Waals surface area contributed by atoms with Gasteiger partial charge in [-0.25, -0.2) is 17.9 Å². The van der Waals surface area contributed by atoms with Crippen molar-refractivity contribution in [3.8, 4) is 62.9 Å². The highest BCUT2D eigenvalue weighted by molar-refractivity contribution is 7.88. The van der Waals surface area contributed by atoms with Crippen molar-refractivity contribution in [3.05, 3.63) is 141 Å². The molecule has 0 unspecified atom stereocenters. The van der Waals surface area contributed by atoms with E-state index in [2.05, 4.69) is 57.9 Å². The Bertz CT molecular complexity index is 5000. The third-order valence-corrected chi connectivity index (χ3v) is 23.4. The number of carbonyl (C=O) groups is 9. The molecular weight excluding hydrogens is 1600 g/mol. The number of imide groups is 1. The maximum absolute atomic E-state index is 16.4. The number of fused-ring (bicyclic) bond motifs is 15. The lowest BCUT2D eigenvalue weighted by Crippen LogP contribution is -2.60. The van der Waals surface area contributed by atoms with Crippen molar-refractivity contribution in [1.82, 2.24) is 52.6 Å². The molecule has 6 heterocycles. The number of sulfonamides is 1. The molecule has 118 heavy (non-hydrogen) atoms. The second-order valence-corrected chi connectivity index (χ2v) is 33.6. The summed E-state index contributed by atoms with van der Waals surface area (Å²) in [7, 11) is -2.07. The van der Waals surface area contributed by atoms with Crippen LogP contribution in [0.3, 0.4) is 0 Å². The van der Waals surface area contributed by atoms with E-state index in [0.29, 0.717) is 11.8 Å². The van der Waals surface area contributed by atoms with Crippen LogP contribution in [-0.2, 0) is 53.1 Å². The fourth-order valence-corrected chi connectivity index (χ4v) is 17.5. The van der Waals surface area contributed by atoms with E-state index >= 15 is 28.8 Å². The molecule has 36 nitrogen and oxygen atoms in total. The molecule has 14 atom stereocenters. The van der Waals surface area contributed by atoms with Crippen LogP contribution in [0, 0.1) is 29.6 Å². The van der Waals surface area contributed by atoms with E-state index in [1.165, 1.54) is 55.6 Å². The van der Waals surface area contributed by atoms with E-state index in [-0.39, 0.29) is 105 Å². The fraction of sp³-hybridized carbons (Fsp3) is 0.430. The summed E-state index contributed by atoms with van der Waals surface area (Å²) in [5.74, 6) is -13.6. The van der Waals surface area contributed by atoms with Crippen molar-refractivity contribution in [2.45, 2.75) is 150 Å². The average molecular weight is 1690 g/mol. The highest BCUT2D eigenvalue weighted by atomic mass is 35.5. The van der Waals surface area contributed by atoms with E-state index in [1.807, 2.05) is 13.8 Å². The number of aromatic hydroxyl groups is 3. The van der Waals surface area contributed by atoms with Gasteiger partial charge in [0.2, 0.25) is 69.3 Å². The Morgan fingerprint density at radius 3 is 1.86 bits per heavy atom.